The van der Waals surface area contributed by atoms with Crippen LogP contribution in [0.1, 0.15) is 0 Å². The van der Waals surface area contributed by atoms with Crippen LogP contribution in [-0.2, 0) is 9.15 Å². The van der Waals surface area contributed by atoms with E-state index in [2.05, 4.69) is 23.1 Å². The third-order valence-electron chi connectivity index (χ3n) is 0. The van der Waals surface area contributed by atoms with Crippen LogP contribution in [0.3, 0.4) is 0 Å². The molecule has 0 aliphatic carbocycles. The lowest BCUT2D eigenvalue weighted by Gasteiger charge is -1.67. The smallest absolute Gasteiger partial charge is 0.316 e. The minimum absolute atomic E-state index is 0.833. The minimum atomic E-state index is -3.97. The fourth-order valence-corrected chi connectivity index (χ4v) is 0. The van der Waals surface area contributed by atoms with Crippen molar-refractivity contribution < 1.29 is 17.8 Å². The van der Waals surface area contributed by atoms with Gasteiger partial charge in [0.25, 0.3) is 0 Å². The van der Waals surface area contributed by atoms with E-state index in [4.69, 9.17) is 17.8 Å². The Labute approximate surface area is 56.8 Å². The summed E-state index contributed by atoms with van der Waals surface area (Å²) in [4.78, 5) is 9.00. The molecule has 0 saturated heterocycles. The highest BCUT2D eigenvalue weighted by molar-refractivity contribution is 8.61. The Morgan fingerprint density at radius 3 is 1.44 bits per heavy atom. The van der Waals surface area contributed by atoms with E-state index in [0.29, 0.717) is 0 Å². The molecule has 0 atom stereocenters. The van der Waals surface area contributed by atoms with Gasteiger partial charge in [-0.05, 0) is 11.7 Å². The van der Waals surface area contributed by atoms with Crippen molar-refractivity contribution in [3.63, 3.8) is 0 Å². The van der Waals surface area contributed by atoms with Crippen molar-refractivity contribution in [2.24, 2.45) is 11.5 Å². The molecule has 0 radical (unpaired) electrons. The third kappa shape index (κ3) is 1040. The zero-order valence-corrected chi connectivity index (χ0v) is 5.89. The van der Waals surface area contributed by atoms with E-state index < -0.39 is 15.2 Å². The third-order valence-corrected chi connectivity index (χ3v) is 0. The highest BCUT2D eigenvalue weighted by Crippen LogP contribution is 1.81. The molecule has 0 bridgehead atoms. The molecule has 0 rings (SSSR count). The summed E-state index contributed by atoms with van der Waals surface area (Å²) in [7, 11) is -3.97. The van der Waals surface area contributed by atoms with Gasteiger partial charge in [0, 0.05) is 0 Å². The number of thiol groups is 1. The molecule has 0 fully saturated rings. The number of hydrogen-bond donors (Lipinski definition) is 4. The first-order valence-electron chi connectivity index (χ1n) is 1.48. The van der Waals surface area contributed by atoms with E-state index in [1.165, 1.54) is 0 Å². The standard InChI is InChI=1S/CH4N2O.H2O3S2/c2-1(3)4;1-5(2,3)4/h(H4,2,3,4);(H2,1,2,3,4). The number of carbonyl (C=O) groups excluding carboxylic acids is 1. The van der Waals surface area contributed by atoms with Gasteiger partial charge in [-0.25, -0.2) is 4.79 Å². The summed E-state index contributed by atoms with van der Waals surface area (Å²) in [5.41, 5.74) is 8.50. The summed E-state index contributed by atoms with van der Waals surface area (Å²) in [5.74, 6) is 0. The fraction of sp³-hybridized carbons (Fsp3) is 0. The maximum atomic E-state index is 9.05. The van der Waals surface area contributed by atoms with Crippen LogP contribution in [0.15, 0.2) is 0 Å². The second-order valence-electron chi connectivity index (χ2n) is 0.850. The largest absolute Gasteiger partial charge is 0.352 e. The van der Waals surface area contributed by atoms with Crippen molar-refractivity contribution in [3.05, 3.63) is 0 Å². The maximum absolute atomic E-state index is 9.05. The molecule has 8 heteroatoms. The van der Waals surface area contributed by atoms with Crippen LogP contribution in [0.25, 0.3) is 0 Å². The van der Waals surface area contributed by atoms with Gasteiger partial charge < -0.3 is 11.5 Å². The van der Waals surface area contributed by atoms with Crippen molar-refractivity contribution >= 4 is 26.8 Å². The summed E-state index contributed by atoms with van der Waals surface area (Å²) < 4.78 is 25.5. The first-order chi connectivity index (χ1) is 3.73. The Balaban J connectivity index is 0. The number of urea groups is 1. The van der Waals surface area contributed by atoms with Gasteiger partial charge >= 0.3 is 15.2 Å². The van der Waals surface area contributed by atoms with Crippen LogP contribution in [0.4, 0.5) is 4.79 Å². The average molecular weight is 174 g/mol. The Kier molecular flexibility index (Phi) is 5.56. The number of rotatable bonds is 0. The molecule has 0 aliphatic heterocycles. The van der Waals surface area contributed by atoms with Crippen LogP contribution in [0.2, 0.25) is 0 Å². The lowest BCUT2D eigenvalue weighted by atomic mass is 11.2. The molecule has 5 N–H and O–H groups in total. The van der Waals surface area contributed by atoms with Crippen LogP contribution in [0.5, 0.6) is 0 Å². The monoisotopic (exact) mass is 174 g/mol. The van der Waals surface area contributed by atoms with E-state index in [-0.39, 0.29) is 0 Å². The van der Waals surface area contributed by atoms with Crippen LogP contribution >= 0.6 is 11.7 Å². The van der Waals surface area contributed by atoms with Gasteiger partial charge in [0.05, 0.1) is 0 Å². The SMILES string of the molecule is NC(N)=O.O=S(=O)(O)S. The summed E-state index contributed by atoms with van der Waals surface area (Å²) in [6, 6.07) is -0.833. The zero-order valence-electron chi connectivity index (χ0n) is 4.18. The maximum Gasteiger partial charge on any atom is 0.316 e. The van der Waals surface area contributed by atoms with Gasteiger partial charge in [0.15, 0.2) is 0 Å². The average Bonchev–Trinajstić information content (AvgIpc) is 1.19. The first-order valence-corrected chi connectivity index (χ1v) is 3.97. The molecule has 9 heavy (non-hydrogen) atoms. The van der Waals surface area contributed by atoms with Gasteiger partial charge in [-0.3, -0.25) is 4.55 Å². The highest BCUT2D eigenvalue weighted by atomic mass is 33.1. The van der Waals surface area contributed by atoms with E-state index >= 15 is 0 Å². The molecule has 2 amide bonds. The molecule has 0 unspecified atom stereocenters. The lowest BCUT2D eigenvalue weighted by Crippen LogP contribution is -2.18. The number of hydrogen-bond acceptors (Lipinski definition) is 3. The molecule has 0 spiro atoms. The van der Waals surface area contributed by atoms with Crippen LogP contribution < -0.4 is 11.5 Å². The normalized spacial score (nSPS) is 9.11. The fourth-order valence-electron chi connectivity index (χ4n) is 0. The highest BCUT2D eigenvalue weighted by Gasteiger charge is 1.83. The second kappa shape index (κ2) is 4.41. The Hall–Kier alpha value is -0.470. The molecule has 0 aliphatic rings. The van der Waals surface area contributed by atoms with Gasteiger partial charge in [-0.15, -0.1) is 0 Å². The van der Waals surface area contributed by atoms with E-state index in [0.717, 1.165) is 0 Å². The number of carbonyl (C=O) groups is 1. The molecule has 0 aromatic heterocycles. The topological polar surface area (TPSA) is 123 Å². The molecule has 0 aromatic carbocycles. The summed E-state index contributed by atoms with van der Waals surface area (Å²) in [5, 5.41) is 0. The quantitative estimate of drug-likeness (QED) is 0.208. The molecule has 6 nitrogen and oxygen atoms in total. The zero-order chi connectivity index (χ0) is 8.08. The number of nitrogens with two attached hydrogens (primary N) is 2. The van der Waals surface area contributed by atoms with Crippen LogP contribution in [-0.4, -0.2) is 19.0 Å². The lowest BCUT2D eigenvalue weighted by molar-refractivity contribution is 0.256. The summed E-state index contributed by atoms with van der Waals surface area (Å²) in [6.45, 7) is 0. The summed E-state index contributed by atoms with van der Waals surface area (Å²) in [6.07, 6.45) is 0. The van der Waals surface area contributed by atoms with E-state index in [1.807, 2.05) is 0 Å². The van der Waals surface area contributed by atoms with Gasteiger partial charge in [0.2, 0.25) is 0 Å². The second-order valence-corrected chi connectivity index (χ2v) is 3.13. The van der Waals surface area contributed by atoms with E-state index in [1.54, 1.807) is 0 Å². The molecule has 0 aromatic rings. The number of amides is 2. The number of primary amides is 2. The molecule has 0 heterocycles. The van der Waals surface area contributed by atoms with Crippen molar-refractivity contribution in [2.45, 2.75) is 0 Å². The Bertz CT molecular complexity index is 159. The first kappa shape index (κ1) is 11.3. The van der Waals surface area contributed by atoms with Gasteiger partial charge in [-0.1, -0.05) is 0 Å². The predicted octanol–water partition coefficient (Wildman–Crippen LogP) is -1.26. The van der Waals surface area contributed by atoms with Crippen molar-refractivity contribution in [2.75, 3.05) is 0 Å². The van der Waals surface area contributed by atoms with Crippen molar-refractivity contribution in [1.82, 2.24) is 0 Å². The Morgan fingerprint density at radius 2 is 1.44 bits per heavy atom. The molecular weight excluding hydrogens is 168 g/mol. The van der Waals surface area contributed by atoms with E-state index in [9.17, 15) is 0 Å². The molecule has 0 saturated carbocycles. The molecule has 56 valence electrons. The van der Waals surface area contributed by atoms with Crippen LogP contribution in [0, 0.1) is 0 Å². The van der Waals surface area contributed by atoms with Gasteiger partial charge in [0.1, 0.15) is 0 Å². The molecular formula is CH6N2O4S2. The van der Waals surface area contributed by atoms with Gasteiger partial charge in [-0.2, -0.15) is 8.42 Å². The van der Waals surface area contributed by atoms with Crippen molar-refractivity contribution in [1.29, 1.82) is 0 Å². The minimum Gasteiger partial charge on any atom is -0.352 e. The predicted molar refractivity (Wildman–Crippen MR) is 34.3 cm³/mol. The van der Waals surface area contributed by atoms with Crippen molar-refractivity contribution in [3.8, 4) is 0 Å². The summed E-state index contributed by atoms with van der Waals surface area (Å²) >= 11 is 2.65. The Morgan fingerprint density at radius 1 is 1.44 bits per heavy atom.